The Balaban J connectivity index is 2.34. The van der Waals surface area contributed by atoms with Gasteiger partial charge >= 0.3 is 0 Å². The van der Waals surface area contributed by atoms with Gasteiger partial charge in [-0.3, -0.25) is 13.9 Å². The molecule has 0 spiro atoms. The molecule has 0 aliphatic heterocycles. The van der Waals surface area contributed by atoms with Crippen molar-refractivity contribution in [2.24, 2.45) is 0 Å². The predicted molar refractivity (Wildman–Crippen MR) is 134 cm³/mol. The van der Waals surface area contributed by atoms with Crippen LogP contribution in [0.4, 0.5) is 5.69 Å². The van der Waals surface area contributed by atoms with Gasteiger partial charge in [0.25, 0.3) is 0 Å². The molecule has 0 aromatic heterocycles. The molecule has 0 radical (unpaired) electrons. The zero-order valence-electron chi connectivity index (χ0n) is 20.6. The molecule has 34 heavy (non-hydrogen) atoms. The average Bonchev–Trinajstić information content (AvgIpc) is 2.80. The largest absolute Gasteiger partial charge is 0.497 e. The van der Waals surface area contributed by atoms with Crippen molar-refractivity contribution in [1.29, 1.82) is 0 Å². The van der Waals surface area contributed by atoms with Crippen LogP contribution in [0, 0.1) is 6.92 Å². The molecule has 0 unspecified atom stereocenters. The number of sulfonamides is 1. The number of ether oxygens (including phenoxy) is 1. The second kappa shape index (κ2) is 12.4. The van der Waals surface area contributed by atoms with E-state index in [1.807, 2.05) is 38.1 Å². The van der Waals surface area contributed by atoms with Crippen molar-refractivity contribution in [2.75, 3.05) is 30.8 Å². The van der Waals surface area contributed by atoms with E-state index in [2.05, 4.69) is 5.32 Å². The molecule has 0 saturated carbocycles. The Labute approximate surface area is 202 Å². The van der Waals surface area contributed by atoms with E-state index in [-0.39, 0.29) is 12.5 Å². The van der Waals surface area contributed by atoms with E-state index in [1.165, 1.54) is 12.0 Å². The fraction of sp³-hybridized carbons (Fsp3) is 0.440. The quantitative estimate of drug-likeness (QED) is 0.462. The van der Waals surface area contributed by atoms with Crippen LogP contribution in [0.1, 0.15) is 37.8 Å². The highest BCUT2D eigenvalue weighted by Crippen LogP contribution is 2.22. The summed E-state index contributed by atoms with van der Waals surface area (Å²) in [6.45, 7) is 5.92. The van der Waals surface area contributed by atoms with Crippen molar-refractivity contribution in [2.45, 2.75) is 46.2 Å². The van der Waals surface area contributed by atoms with Crippen molar-refractivity contribution < 1.29 is 22.7 Å². The number of anilines is 1. The standard InChI is InChI=1S/C25H35N3O5S/c1-6-7-15-26-25(30)20(3)27(17-21-10-8-9-19(2)16-21)24(29)18-28(34(5,31)32)22-11-13-23(33-4)14-12-22/h8-14,16,20H,6-7,15,17-18H2,1-5H3,(H,26,30)/t20-/m1/s1. The fourth-order valence-corrected chi connectivity index (χ4v) is 4.34. The van der Waals surface area contributed by atoms with E-state index in [1.54, 1.807) is 31.2 Å². The van der Waals surface area contributed by atoms with Crippen molar-refractivity contribution in [1.82, 2.24) is 10.2 Å². The maximum Gasteiger partial charge on any atom is 0.244 e. The van der Waals surface area contributed by atoms with Gasteiger partial charge in [-0.05, 0) is 50.1 Å². The van der Waals surface area contributed by atoms with Gasteiger partial charge in [0.2, 0.25) is 21.8 Å². The smallest absolute Gasteiger partial charge is 0.244 e. The second-order valence-corrected chi connectivity index (χ2v) is 10.2. The van der Waals surface area contributed by atoms with Gasteiger partial charge in [-0.2, -0.15) is 0 Å². The molecule has 2 rings (SSSR count). The van der Waals surface area contributed by atoms with Crippen LogP contribution in [0.25, 0.3) is 0 Å². The number of carbonyl (C=O) groups is 2. The summed E-state index contributed by atoms with van der Waals surface area (Å²) in [5.41, 5.74) is 2.23. The van der Waals surface area contributed by atoms with Crippen LogP contribution in [0.5, 0.6) is 5.75 Å². The Morgan fingerprint density at radius 3 is 2.35 bits per heavy atom. The predicted octanol–water partition coefficient (Wildman–Crippen LogP) is 3.10. The lowest BCUT2D eigenvalue weighted by atomic mass is 10.1. The lowest BCUT2D eigenvalue weighted by Gasteiger charge is -2.31. The summed E-state index contributed by atoms with van der Waals surface area (Å²) in [6, 6.07) is 13.3. The molecule has 0 aliphatic carbocycles. The third-order valence-electron chi connectivity index (χ3n) is 5.47. The highest BCUT2D eigenvalue weighted by atomic mass is 32.2. The number of methoxy groups -OCH3 is 1. The van der Waals surface area contributed by atoms with Crippen molar-refractivity contribution in [3.63, 3.8) is 0 Å². The van der Waals surface area contributed by atoms with Crippen LogP contribution < -0.4 is 14.4 Å². The fourth-order valence-electron chi connectivity index (χ4n) is 3.49. The molecule has 1 N–H and O–H groups in total. The minimum absolute atomic E-state index is 0.184. The Hall–Kier alpha value is -3.07. The number of unbranched alkanes of at least 4 members (excludes halogenated alkanes) is 1. The molecular weight excluding hydrogens is 454 g/mol. The summed E-state index contributed by atoms with van der Waals surface area (Å²) >= 11 is 0. The summed E-state index contributed by atoms with van der Waals surface area (Å²) in [6.07, 6.45) is 2.83. The van der Waals surface area contributed by atoms with Gasteiger partial charge in [0.05, 0.1) is 19.1 Å². The maximum atomic E-state index is 13.5. The number of benzene rings is 2. The summed E-state index contributed by atoms with van der Waals surface area (Å²) in [4.78, 5) is 27.7. The van der Waals surface area contributed by atoms with Crippen molar-refractivity contribution in [3.05, 3.63) is 59.7 Å². The molecule has 2 amide bonds. The topological polar surface area (TPSA) is 96.0 Å². The molecule has 0 heterocycles. The molecular formula is C25H35N3O5S. The number of aryl methyl sites for hydroxylation is 1. The Morgan fingerprint density at radius 2 is 1.79 bits per heavy atom. The number of hydrogen-bond acceptors (Lipinski definition) is 5. The maximum absolute atomic E-state index is 13.5. The van der Waals surface area contributed by atoms with Gasteiger partial charge in [0.1, 0.15) is 18.3 Å². The first-order valence-electron chi connectivity index (χ1n) is 11.3. The Morgan fingerprint density at radius 1 is 1.12 bits per heavy atom. The third-order valence-corrected chi connectivity index (χ3v) is 6.61. The van der Waals surface area contributed by atoms with E-state index in [9.17, 15) is 18.0 Å². The first kappa shape index (κ1) is 27.2. The molecule has 0 saturated heterocycles. The minimum Gasteiger partial charge on any atom is -0.497 e. The zero-order chi connectivity index (χ0) is 25.3. The third kappa shape index (κ3) is 7.76. The van der Waals surface area contributed by atoms with Crippen LogP contribution in [-0.2, 0) is 26.2 Å². The van der Waals surface area contributed by atoms with Gasteiger partial charge in [0.15, 0.2) is 0 Å². The highest BCUT2D eigenvalue weighted by Gasteiger charge is 2.30. The summed E-state index contributed by atoms with van der Waals surface area (Å²) in [5.74, 6) is -0.173. The number of nitrogens with zero attached hydrogens (tertiary/aromatic N) is 2. The van der Waals surface area contributed by atoms with E-state index < -0.39 is 28.5 Å². The molecule has 1 atom stereocenters. The second-order valence-electron chi connectivity index (χ2n) is 8.30. The van der Waals surface area contributed by atoms with E-state index >= 15 is 0 Å². The Kier molecular flexibility index (Phi) is 9.92. The van der Waals surface area contributed by atoms with Crippen LogP contribution in [0.15, 0.2) is 48.5 Å². The normalized spacial score (nSPS) is 12.0. The number of rotatable bonds is 12. The number of amides is 2. The van der Waals surface area contributed by atoms with Gasteiger partial charge in [-0.15, -0.1) is 0 Å². The summed E-state index contributed by atoms with van der Waals surface area (Å²) < 4.78 is 31.3. The van der Waals surface area contributed by atoms with Crippen LogP contribution in [-0.4, -0.2) is 57.6 Å². The van der Waals surface area contributed by atoms with Gasteiger partial charge < -0.3 is 15.0 Å². The van der Waals surface area contributed by atoms with Crippen molar-refractivity contribution in [3.8, 4) is 5.75 Å². The number of carbonyl (C=O) groups excluding carboxylic acids is 2. The Bertz CT molecular complexity index is 1070. The van der Waals surface area contributed by atoms with Gasteiger partial charge in [-0.25, -0.2) is 8.42 Å². The lowest BCUT2D eigenvalue weighted by Crippen LogP contribution is -2.51. The first-order valence-corrected chi connectivity index (χ1v) is 13.2. The van der Waals surface area contributed by atoms with Crippen LogP contribution in [0.2, 0.25) is 0 Å². The molecule has 2 aromatic carbocycles. The molecule has 0 bridgehead atoms. The summed E-state index contributed by atoms with van der Waals surface area (Å²) in [5, 5.41) is 2.87. The van der Waals surface area contributed by atoms with E-state index in [4.69, 9.17) is 4.74 Å². The molecule has 2 aromatic rings. The monoisotopic (exact) mass is 489 g/mol. The number of hydrogen-bond donors (Lipinski definition) is 1. The van der Waals surface area contributed by atoms with Gasteiger partial charge in [-0.1, -0.05) is 43.2 Å². The molecule has 8 nitrogen and oxygen atoms in total. The van der Waals surface area contributed by atoms with E-state index in [0.29, 0.717) is 18.0 Å². The first-order chi connectivity index (χ1) is 16.1. The molecule has 0 aliphatic rings. The van der Waals surface area contributed by atoms with E-state index in [0.717, 1.165) is 34.5 Å². The molecule has 9 heteroatoms. The van der Waals surface area contributed by atoms with Gasteiger partial charge in [0, 0.05) is 13.1 Å². The highest BCUT2D eigenvalue weighted by molar-refractivity contribution is 7.92. The van der Waals surface area contributed by atoms with Crippen molar-refractivity contribution >= 4 is 27.5 Å². The summed E-state index contributed by atoms with van der Waals surface area (Å²) in [7, 11) is -2.25. The average molecular weight is 490 g/mol. The lowest BCUT2D eigenvalue weighted by molar-refractivity contribution is -0.139. The van der Waals surface area contributed by atoms with Crippen LogP contribution in [0.3, 0.4) is 0 Å². The molecule has 186 valence electrons. The zero-order valence-corrected chi connectivity index (χ0v) is 21.4. The minimum atomic E-state index is -3.76. The molecule has 0 fully saturated rings. The SMILES string of the molecule is CCCCNC(=O)[C@@H](C)N(Cc1cccc(C)c1)C(=O)CN(c1ccc(OC)cc1)S(C)(=O)=O. The number of nitrogens with one attached hydrogen (secondary N) is 1. The van der Waals surface area contributed by atoms with Crippen LogP contribution >= 0.6 is 0 Å².